The van der Waals surface area contributed by atoms with Crippen molar-refractivity contribution in [3.8, 4) is 11.4 Å². The second-order valence-electron chi connectivity index (χ2n) is 7.63. The highest BCUT2D eigenvalue weighted by molar-refractivity contribution is 5.83. The Bertz CT molecular complexity index is 1210. The predicted molar refractivity (Wildman–Crippen MR) is 120 cm³/mol. The molecule has 164 valence electrons. The minimum absolute atomic E-state index is 0.249. The number of aliphatic hydroxyl groups excluding tert-OH is 1. The number of aryl methyl sites for hydroxylation is 1. The Kier molecular flexibility index (Phi) is 6.47. The van der Waals surface area contributed by atoms with Crippen LogP contribution >= 0.6 is 0 Å². The Labute approximate surface area is 185 Å². The largest absolute Gasteiger partial charge is 0.491 e. The summed E-state index contributed by atoms with van der Waals surface area (Å²) in [5.74, 6) is -0.0508. The number of carbonyl (C=O) groups excluding carboxylic acids is 1. The molecule has 4 rings (SSSR count). The molecule has 1 atom stereocenters. The molecule has 1 amide bonds. The molecule has 3 aromatic carbocycles. The number of amides is 1. The van der Waals surface area contributed by atoms with Gasteiger partial charge in [0.1, 0.15) is 24.8 Å². The Morgan fingerprint density at radius 3 is 2.62 bits per heavy atom. The third kappa shape index (κ3) is 4.95. The highest BCUT2D eigenvalue weighted by Gasteiger charge is 2.15. The number of hydrogen-bond acceptors (Lipinski definition) is 4. The first kappa shape index (κ1) is 21.5. The van der Waals surface area contributed by atoms with Crippen LogP contribution in [0, 0.1) is 12.7 Å². The molecule has 2 N–H and O–H groups in total. The second-order valence-corrected chi connectivity index (χ2v) is 7.63. The van der Waals surface area contributed by atoms with Crippen molar-refractivity contribution in [3.63, 3.8) is 0 Å². The van der Waals surface area contributed by atoms with E-state index >= 15 is 0 Å². The number of hydrogen-bond donors (Lipinski definition) is 2. The molecule has 0 fully saturated rings. The van der Waals surface area contributed by atoms with E-state index < -0.39 is 12.5 Å². The fraction of sp³-hybridized carbons (Fsp3) is 0.200. The Morgan fingerprint density at radius 2 is 1.91 bits per heavy atom. The average molecular weight is 433 g/mol. The third-order valence-corrected chi connectivity index (χ3v) is 5.21. The SMILES string of the molecule is Cc1cc2c(cnn2-c2ccc(F)cc2)cc1OCC(Cc1ccccc1)NC(=O)CO. The summed E-state index contributed by atoms with van der Waals surface area (Å²) in [4.78, 5) is 11.8. The van der Waals surface area contributed by atoms with Gasteiger partial charge in [0.25, 0.3) is 0 Å². The maximum Gasteiger partial charge on any atom is 0.246 e. The van der Waals surface area contributed by atoms with E-state index in [0.29, 0.717) is 12.2 Å². The zero-order chi connectivity index (χ0) is 22.5. The first-order chi connectivity index (χ1) is 15.5. The first-order valence-corrected chi connectivity index (χ1v) is 10.3. The summed E-state index contributed by atoms with van der Waals surface area (Å²) in [5, 5.41) is 17.3. The topological polar surface area (TPSA) is 76.4 Å². The van der Waals surface area contributed by atoms with E-state index in [4.69, 9.17) is 9.84 Å². The number of nitrogens with zero attached hydrogens (tertiary/aromatic N) is 2. The third-order valence-electron chi connectivity index (χ3n) is 5.21. The van der Waals surface area contributed by atoms with Crippen LogP contribution in [0.15, 0.2) is 72.9 Å². The number of halogens is 1. The number of nitrogens with one attached hydrogen (secondary N) is 1. The molecule has 1 heterocycles. The molecule has 32 heavy (non-hydrogen) atoms. The van der Waals surface area contributed by atoms with Gasteiger partial charge in [-0.1, -0.05) is 30.3 Å². The lowest BCUT2D eigenvalue weighted by Gasteiger charge is -2.20. The zero-order valence-corrected chi connectivity index (χ0v) is 17.7. The first-order valence-electron chi connectivity index (χ1n) is 10.3. The van der Waals surface area contributed by atoms with Gasteiger partial charge in [0.15, 0.2) is 0 Å². The summed E-state index contributed by atoms with van der Waals surface area (Å²) < 4.78 is 21.1. The van der Waals surface area contributed by atoms with Crippen molar-refractivity contribution >= 4 is 16.8 Å². The molecule has 7 heteroatoms. The van der Waals surface area contributed by atoms with Gasteiger partial charge in [0.05, 0.1) is 23.4 Å². The molecule has 6 nitrogen and oxygen atoms in total. The number of fused-ring (bicyclic) bond motifs is 1. The lowest BCUT2D eigenvalue weighted by atomic mass is 10.1. The van der Waals surface area contributed by atoms with E-state index in [-0.39, 0.29) is 18.5 Å². The van der Waals surface area contributed by atoms with Gasteiger partial charge in [-0.25, -0.2) is 9.07 Å². The Balaban J connectivity index is 1.53. The minimum atomic E-state index is -0.571. The van der Waals surface area contributed by atoms with Crippen LogP contribution in [0.2, 0.25) is 0 Å². The van der Waals surface area contributed by atoms with Crippen LogP contribution in [0.1, 0.15) is 11.1 Å². The molecule has 0 saturated heterocycles. The highest BCUT2D eigenvalue weighted by atomic mass is 19.1. The lowest BCUT2D eigenvalue weighted by molar-refractivity contribution is -0.124. The second kappa shape index (κ2) is 9.62. The number of ether oxygens (including phenoxy) is 1. The van der Waals surface area contributed by atoms with E-state index in [1.807, 2.05) is 49.4 Å². The van der Waals surface area contributed by atoms with Gasteiger partial charge in [-0.15, -0.1) is 0 Å². The van der Waals surface area contributed by atoms with Crippen LogP contribution in [-0.4, -0.2) is 40.0 Å². The van der Waals surface area contributed by atoms with E-state index in [9.17, 15) is 9.18 Å². The van der Waals surface area contributed by atoms with Gasteiger partial charge >= 0.3 is 0 Å². The fourth-order valence-corrected chi connectivity index (χ4v) is 3.61. The molecule has 0 aliphatic carbocycles. The smallest absolute Gasteiger partial charge is 0.246 e. The monoisotopic (exact) mass is 433 g/mol. The van der Waals surface area contributed by atoms with Crippen molar-refractivity contribution in [1.29, 1.82) is 0 Å². The fourth-order valence-electron chi connectivity index (χ4n) is 3.61. The van der Waals surface area contributed by atoms with Crippen LogP contribution < -0.4 is 10.1 Å². The predicted octanol–water partition coefficient (Wildman–Crippen LogP) is 3.57. The molecule has 1 unspecified atom stereocenters. The van der Waals surface area contributed by atoms with Gasteiger partial charge in [-0.2, -0.15) is 5.10 Å². The molecular formula is C25H24FN3O3. The quantitative estimate of drug-likeness (QED) is 0.445. The number of aromatic nitrogens is 2. The molecule has 4 aromatic rings. The van der Waals surface area contributed by atoms with Crippen LogP contribution in [0.25, 0.3) is 16.6 Å². The van der Waals surface area contributed by atoms with Gasteiger partial charge in [0, 0.05) is 5.39 Å². The molecule has 0 aliphatic heterocycles. The van der Waals surface area contributed by atoms with Crippen molar-refractivity contribution in [2.24, 2.45) is 0 Å². The molecule has 0 spiro atoms. The minimum Gasteiger partial charge on any atom is -0.491 e. The molecule has 0 aliphatic rings. The van der Waals surface area contributed by atoms with E-state index in [0.717, 1.165) is 27.7 Å². The van der Waals surface area contributed by atoms with Crippen molar-refractivity contribution < 1.29 is 19.0 Å². The molecule has 0 bridgehead atoms. The van der Waals surface area contributed by atoms with Crippen LogP contribution in [-0.2, 0) is 11.2 Å². The number of rotatable bonds is 8. The molecule has 0 radical (unpaired) electrons. The summed E-state index contributed by atoms with van der Waals surface area (Å²) >= 11 is 0. The average Bonchev–Trinajstić information content (AvgIpc) is 3.21. The zero-order valence-electron chi connectivity index (χ0n) is 17.7. The van der Waals surface area contributed by atoms with E-state index in [1.165, 1.54) is 12.1 Å². The van der Waals surface area contributed by atoms with Crippen LogP contribution in [0.5, 0.6) is 5.75 Å². The standard InChI is InChI=1S/C25H24FN3O3/c1-17-11-23-19(14-27-29(23)22-9-7-20(26)8-10-22)13-24(17)32-16-21(28-25(31)15-30)12-18-5-3-2-4-6-18/h2-11,13-14,21,30H,12,15-16H2,1H3,(H,28,31). The van der Waals surface area contributed by atoms with E-state index in [2.05, 4.69) is 10.4 Å². The summed E-state index contributed by atoms with van der Waals surface area (Å²) in [5.41, 5.74) is 3.63. The Hall–Kier alpha value is -3.71. The van der Waals surface area contributed by atoms with Crippen molar-refractivity contribution in [2.75, 3.05) is 13.2 Å². The van der Waals surface area contributed by atoms with Gasteiger partial charge in [0.2, 0.25) is 5.91 Å². The maximum absolute atomic E-state index is 13.3. The summed E-state index contributed by atoms with van der Waals surface area (Å²) in [7, 11) is 0. The van der Waals surface area contributed by atoms with Crippen molar-refractivity contribution in [2.45, 2.75) is 19.4 Å². The van der Waals surface area contributed by atoms with Gasteiger partial charge in [-0.05, 0) is 60.9 Å². The summed E-state index contributed by atoms with van der Waals surface area (Å²) in [6, 6.07) is 19.5. The number of aliphatic hydroxyl groups is 1. The normalized spacial score (nSPS) is 12.0. The van der Waals surface area contributed by atoms with Crippen molar-refractivity contribution in [1.82, 2.24) is 15.1 Å². The van der Waals surface area contributed by atoms with Crippen molar-refractivity contribution in [3.05, 3.63) is 89.9 Å². The van der Waals surface area contributed by atoms with Crippen LogP contribution in [0.3, 0.4) is 0 Å². The molecular weight excluding hydrogens is 409 g/mol. The summed E-state index contributed by atoms with van der Waals surface area (Å²) in [6.45, 7) is 1.62. The Morgan fingerprint density at radius 1 is 1.16 bits per heavy atom. The van der Waals surface area contributed by atoms with Gasteiger partial charge < -0.3 is 15.2 Å². The molecule has 1 aromatic heterocycles. The molecule has 0 saturated carbocycles. The highest BCUT2D eigenvalue weighted by Crippen LogP contribution is 2.27. The number of carbonyl (C=O) groups is 1. The number of benzene rings is 3. The maximum atomic E-state index is 13.3. The lowest BCUT2D eigenvalue weighted by Crippen LogP contribution is -2.42. The van der Waals surface area contributed by atoms with Gasteiger partial charge in [-0.3, -0.25) is 4.79 Å². The van der Waals surface area contributed by atoms with Crippen LogP contribution in [0.4, 0.5) is 4.39 Å². The summed E-state index contributed by atoms with van der Waals surface area (Å²) in [6.07, 6.45) is 2.32. The van der Waals surface area contributed by atoms with E-state index in [1.54, 1.807) is 23.0 Å².